The number of hydrogen-bond donors (Lipinski definition) is 0. The first-order valence-electron chi connectivity index (χ1n) is 10.3. The SMILES string of the molecule is CCC1(C2=[C-]CC=C2)CCCC1.CCC1(C2=[C-]CC=C2)CCCC1.Cl.Cl.[Zr+2]. The molecule has 0 aromatic rings. The summed E-state index contributed by atoms with van der Waals surface area (Å²) in [5.41, 5.74) is 4.10. The molecule has 4 aliphatic rings. The average molecular weight is 487 g/mol. The van der Waals surface area contributed by atoms with Crippen LogP contribution in [0.5, 0.6) is 0 Å². The van der Waals surface area contributed by atoms with E-state index in [4.69, 9.17) is 0 Å². The predicted molar refractivity (Wildman–Crippen MR) is 118 cm³/mol. The molecule has 0 heterocycles. The summed E-state index contributed by atoms with van der Waals surface area (Å²) >= 11 is 0. The molecule has 0 aromatic carbocycles. The molecule has 150 valence electrons. The van der Waals surface area contributed by atoms with E-state index >= 15 is 0 Å². The fourth-order valence-corrected chi connectivity index (χ4v) is 5.27. The second kappa shape index (κ2) is 12.9. The van der Waals surface area contributed by atoms with Crippen LogP contribution in [0.1, 0.15) is 90.9 Å². The Labute approximate surface area is 199 Å². The summed E-state index contributed by atoms with van der Waals surface area (Å²) in [4.78, 5) is 0. The molecule has 4 rings (SSSR count). The number of halogens is 2. The van der Waals surface area contributed by atoms with E-state index in [9.17, 15) is 0 Å². The molecule has 0 N–H and O–H groups in total. The van der Waals surface area contributed by atoms with E-state index in [1.165, 1.54) is 75.4 Å². The van der Waals surface area contributed by atoms with E-state index in [-0.39, 0.29) is 51.0 Å². The molecule has 0 spiro atoms. The molecular weight excluding hydrogens is 450 g/mol. The first-order valence-corrected chi connectivity index (χ1v) is 10.3. The maximum absolute atomic E-state index is 3.50. The van der Waals surface area contributed by atoms with Crippen molar-refractivity contribution in [1.82, 2.24) is 0 Å². The van der Waals surface area contributed by atoms with Crippen molar-refractivity contribution in [3.63, 3.8) is 0 Å². The third-order valence-corrected chi connectivity index (χ3v) is 7.01. The van der Waals surface area contributed by atoms with Crippen LogP contribution < -0.4 is 0 Å². The van der Waals surface area contributed by atoms with Gasteiger partial charge in [0, 0.05) is 0 Å². The van der Waals surface area contributed by atoms with E-state index < -0.39 is 0 Å². The molecule has 2 fully saturated rings. The summed E-state index contributed by atoms with van der Waals surface area (Å²) in [6, 6.07) is 0. The van der Waals surface area contributed by atoms with Crippen molar-refractivity contribution in [2.24, 2.45) is 10.8 Å². The molecule has 0 bridgehead atoms. The van der Waals surface area contributed by atoms with Gasteiger partial charge in [-0.1, -0.05) is 39.5 Å². The molecule has 0 atom stereocenters. The van der Waals surface area contributed by atoms with Crippen LogP contribution in [0.4, 0.5) is 0 Å². The maximum Gasteiger partial charge on any atom is 2.00 e. The topological polar surface area (TPSA) is 0 Å². The molecule has 0 aromatic heterocycles. The first kappa shape index (κ1) is 27.4. The fraction of sp³-hybridized carbons (Fsp3) is 0.667. The zero-order valence-electron chi connectivity index (χ0n) is 17.1. The molecule has 0 saturated heterocycles. The second-order valence-corrected chi connectivity index (χ2v) is 8.08. The largest absolute Gasteiger partial charge is 2.00 e. The Morgan fingerprint density at radius 1 is 0.704 bits per heavy atom. The Bertz CT molecular complexity index is 495. The minimum atomic E-state index is 0. The molecular formula is C24H36Cl2Zr. The van der Waals surface area contributed by atoms with Crippen molar-refractivity contribution in [2.75, 3.05) is 0 Å². The Kier molecular flexibility index (Phi) is 13.1. The Balaban J connectivity index is 0.000000451. The van der Waals surface area contributed by atoms with Crippen LogP contribution in [0.25, 0.3) is 0 Å². The maximum atomic E-state index is 3.50. The van der Waals surface area contributed by atoms with Crippen LogP contribution in [0.15, 0.2) is 35.5 Å². The summed E-state index contributed by atoms with van der Waals surface area (Å²) in [5, 5.41) is 0. The van der Waals surface area contributed by atoms with Crippen LogP contribution in [-0.4, -0.2) is 0 Å². The standard InChI is InChI=1S/2C12H17.2ClH.Zr/c2*1-2-12(9-5-6-10-12)11-7-3-4-8-11;;;/h2*3,7H,2,4-6,9-10H2,1H3;2*1H;/q2*-1;;;+2. The number of hydrogen-bond acceptors (Lipinski definition) is 0. The smallest absolute Gasteiger partial charge is 0.269 e. The molecule has 0 aliphatic heterocycles. The molecule has 3 heteroatoms. The van der Waals surface area contributed by atoms with Gasteiger partial charge in [0.15, 0.2) is 0 Å². The van der Waals surface area contributed by atoms with Crippen molar-refractivity contribution >= 4 is 24.8 Å². The molecule has 0 amide bonds. The van der Waals surface area contributed by atoms with Crippen LogP contribution in [0, 0.1) is 23.0 Å². The van der Waals surface area contributed by atoms with Gasteiger partial charge in [0.25, 0.3) is 0 Å². The van der Waals surface area contributed by atoms with E-state index in [1.54, 1.807) is 0 Å². The third kappa shape index (κ3) is 6.20. The summed E-state index contributed by atoms with van der Waals surface area (Å²) in [6.07, 6.45) is 32.1. The molecule has 0 radical (unpaired) electrons. The van der Waals surface area contributed by atoms with Gasteiger partial charge in [-0.25, -0.2) is 23.3 Å². The monoisotopic (exact) mass is 484 g/mol. The normalized spacial score (nSPS) is 23.3. The van der Waals surface area contributed by atoms with E-state index in [0.717, 1.165) is 12.8 Å². The van der Waals surface area contributed by atoms with Crippen molar-refractivity contribution in [3.8, 4) is 0 Å². The fourth-order valence-electron chi connectivity index (χ4n) is 5.27. The minimum absolute atomic E-state index is 0. The quantitative estimate of drug-likeness (QED) is 0.352. The van der Waals surface area contributed by atoms with Crippen molar-refractivity contribution in [1.29, 1.82) is 0 Å². The Morgan fingerprint density at radius 2 is 1.04 bits per heavy atom. The van der Waals surface area contributed by atoms with Gasteiger partial charge < -0.3 is 0 Å². The van der Waals surface area contributed by atoms with Crippen molar-refractivity contribution in [3.05, 3.63) is 47.6 Å². The van der Waals surface area contributed by atoms with E-state index in [0.29, 0.717) is 10.8 Å². The average Bonchev–Trinajstić information content (AvgIpc) is 3.44. The Hall–Kier alpha value is 0.423. The van der Waals surface area contributed by atoms with Gasteiger partial charge in [-0.2, -0.15) is 12.2 Å². The van der Waals surface area contributed by atoms with Gasteiger partial charge in [-0.15, -0.1) is 37.7 Å². The summed E-state index contributed by atoms with van der Waals surface area (Å²) < 4.78 is 0. The van der Waals surface area contributed by atoms with Crippen LogP contribution >= 0.6 is 24.8 Å². The van der Waals surface area contributed by atoms with Gasteiger partial charge in [-0.3, -0.25) is 12.2 Å². The summed E-state index contributed by atoms with van der Waals surface area (Å²) in [5.74, 6) is 0. The molecule has 0 nitrogen and oxygen atoms in total. The van der Waals surface area contributed by atoms with Crippen LogP contribution in [0.3, 0.4) is 0 Å². The van der Waals surface area contributed by atoms with Gasteiger partial charge in [0.05, 0.1) is 0 Å². The zero-order valence-corrected chi connectivity index (χ0v) is 21.2. The minimum Gasteiger partial charge on any atom is -0.269 e. The van der Waals surface area contributed by atoms with Crippen LogP contribution in [0.2, 0.25) is 0 Å². The third-order valence-electron chi connectivity index (χ3n) is 7.01. The van der Waals surface area contributed by atoms with Crippen LogP contribution in [-0.2, 0) is 26.2 Å². The summed E-state index contributed by atoms with van der Waals surface area (Å²) in [6.45, 7) is 4.65. The van der Waals surface area contributed by atoms with E-state index in [2.05, 4.69) is 50.3 Å². The molecule has 27 heavy (non-hydrogen) atoms. The van der Waals surface area contributed by atoms with Gasteiger partial charge in [0.1, 0.15) is 0 Å². The molecule has 2 saturated carbocycles. The van der Waals surface area contributed by atoms with Gasteiger partial charge >= 0.3 is 26.2 Å². The predicted octanol–water partition coefficient (Wildman–Crippen LogP) is 8.13. The molecule has 4 aliphatic carbocycles. The number of allylic oxidation sites excluding steroid dienone is 8. The van der Waals surface area contributed by atoms with E-state index in [1.807, 2.05) is 0 Å². The van der Waals surface area contributed by atoms with Gasteiger partial charge in [-0.05, 0) is 49.4 Å². The van der Waals surface area contributed by atoms with Crippen molar-refractivity contribution < 1.29 is 26.2 Å². The van der Waals surface area contributed by atoms with Crippen molar-refractivity contribution in [2.45, 2.75) is 90.9 Å². The molecule has 0 unspecified atom stereocenters. The summed E-state index contributed by atoms with van der Waals surface area (Å²) in [7, 11) is 0. The Morgan fingerprint density at radius 3 is 1.26 bits per heavy atom. The first-order chi connectivity index (χ1) is 11.7. The zero-order chi connectivity index (χ0) is 16.9. The second-order valence-electron chi connectivity index (χ2n) is 8.08. The number of rotatable bonds is 4. The van der Waals surface area contributed by atoms with Gasteiger partial charge in [0.2, 0.25) is 0 Å².